The van der Waals surface area contributed by atoms with E-state index >= 15 is 0 Å². The average Bonchev–Trinajstić information content (AvgIpc) is 3.44. The summed E-state index contributed by atoms with van der Waals surface area (Å²) < 4.78 is 1.94. The number of amides is 1. The quantitative estimate of drug-likeness (QED) is 0.373. The van der Waals surface area contributed by atoms with E-state index in [-0.39, 0.29) is 5.91 Å². The largest absolute Gasteiger partial charge is 0.333 e. The molecule has 1 amide bonds. The van der Waals surface area contributed by atoms with Gasteiger partial charge in [-0.25, -0.2) is 9.97 Å². The van der Waals surface area contributed by atoms with E-state index in [2.05, 4.69) is 15.3 Å². The van der Waals surface area contributed by atoms with E-state index in [1.165, 1.54) is 17.4 Å². The van der Waals surface area contributed by atoms with Crippen molar-refractivity contribution in [2.45, 2.75) is 0 Å². The van der Waals surface area contributed by atoms with Gasteiger partial charge in [0, 0.05) is 48.2 Å². The summed E-state index contributed by atoms with van der Waals surface area (Å²) in [5, 5.41) is 4.45. The number of carbonyl (C=O) groups is 1. The SMILES string of the molecule is Cn1ccnc1-c1sc(NC(=O)/C=C/c2cccc3cccnc23)nc1-c1ccccc1. The Morgan fingerprint density at radius 3 is 2.66 bits per heavy atom. The third-order valence-corrected chi connectivity index (χ3v) is 5.97. The number of imidazole rings is 1. The molecule has 0 atom stereocenters. The monoisotopic (exact) mass is 437 g/mol. The normalized spacial score (nSPS) is 11.3. The molecule has 5 aromatic rings. The summed E-state index contributed by atoms with van der Waals surface area (Å²) in [7, 11) is 1.94. The van der Waals surface area contributed by atoms with Crippen LogP contribution in [0, 0.1) is 0 Å². The lowest BCUT2D eigenvalue weighted by Gasteiger charge is -2.02. The molecule has 0 saturated heterocycles. The van der Waals surface area contributed by atoms with Gasteiger partial charge in [0.25, 0.3) is 0 Å². The number of thiazole rings is 1. The highest BCUT2D eigenvalue weighted by molar-refractivity contribution is 7.19. The molecule has 6 nitrogen and oxygen atoms in total. The molecule has 2 aromatic carbocycles. The van der Waals surface area contributed by atoms with Gasteiger partial charge in [0.1, 0.15) is 0 Å². The van der Waals surface area contributed by atoms with Gasteiger partial charge in [-0.1, -0.05) is 65.9 Å². The number of fused-ring (bicyclic) bond motifs is 1. The highest BCUT2D eigenvalue weighted by Crippen LogP contribution is 2.38. The maximum atomic E-state index is 12.7. The Labute approximate surface area is 188 Å². The topological polar surface area (TPSA) is 72.7 Å². The minimum atomic E-state index is -0.252. The van der Waals surface area contributed by atoms with Crippen LogP contribution in [0.15, 0.2) is 85.3 Å². The highest BCUT2D eigenvalue weighted by atomic mass is 32.1. The van der Waals surface area contributed by atoms with E-state index < -0.39 is 0 Å². The first-order valence-electron chi connectivity index (χ1n) is 10.1. The van der Waals surface area contributed by atoms with Crippen LogP contribution in [-0.2, 0) is 11.8 Å². The Balaban J connectivity index is 1.44. The van der Waals surface area contributed by atoms with Gasteiger partial charge in [-0.15, -0.1) is 0 Å². The maximum absolute atomic E-state index is 12.7. The molecule has 3 heterocycles. The fourth-order valence-corrected chi connectivity index (χ4v) is 4.51. The zero-order chi connectivity index (χ0) is 21.9. The summed E-state index contributed by atoms with van der Waals surface area (Å²) >= 11 is 1.41. The Morgan fingerprint density at radius 1 is 1.00 bits per heavy atom. The predicted molar refractivity (Wildman–Crippen MR) is 129 cm³/mol. The summed E-state index contributed by atoms with van der Waals surface area (Å²) in [5.74, 6) is 0.553. The number of anilines is 1. The number of aromatic nitrogens is 4. The molecular weight excluding hydrogens is 418 g/mol. The molecule has 0 unspecified atom stereocenters. The molecule has 3 aromatic heterocycles. The number of benzene rings is 2. The van der Waals surface area contributed by atoms with Gasteiger partial charge in [-0.05, 0) is 12.1 Å². The summed E-state index contributed by atoms with van der Waals surface area (Å²) in [6.45, 7) is 0. The van der Waals surface area contributed by atoms with Crippen LogP contribution in [0.4, 0.5) is 5.13 Å². The average molecular weight is 438 g/mol. The number of pyridine rings is 1. The zero-order valence-corrected chi connectivity index (χ0v) is 18.1. The first kappa shape index (κ1) is 19.8. The second-order valence-electron chi connectivity index (χ2n) is 7.17. The van der Waals surface area contributed by atoms with E-state index in [0.29, 0.717) is 5.13 Å². The van der Waals surface area contributed by atoms with Gasteiger partial charge in [0.15, 0.2) is 11.0 Å². The molecule has 0 aliphatic rings. The van der Waals surface area contributed by atoms with Gasteiger partial charge in [0.2, 0.25) is 5.91 Å². The van der Waals surface area contributed by atoms with Crippen molar-refractivity contribution in [1.29, 1.82) is 0 Å². The Bertz CT molecular complexity index is 1430. The third kappa shape index (κ3) is 3.93. The Kier molecular flexibility index (Phi) is 5.31. The van der Waals surface area contributed by atoms with Crippen LogP contribution in [-0.4, -0.2) is 25.4 Å². The molecule has 1 N–H and O–H groups in total. The van der Waals surface area contributed by atoms with Gasteiger partial charge in [-0.2, -0.15) is 0 Å². The molecule has 0 aliphatic carbocycles. The maximum Gasteiger partial charge on any atom is 0.250 e. The second-order valence-corrected chi connectivity index (χ2v) is 8.17. The molecule has 0 radical (unpaired) electrons. The van der Waals surface area contributed by atoms with E-state index in [4.69, 9.17) is 4.98 Å². The molecule has 0 aliphatic heterocycles. The van der Waals surface area contributed by atoms with Crippen molar-refractivity contribution in [3.05, 3.63) is 90.9 Å². The van der Waals surface area contributed by atoms with E-state index in [9.17, 15) is 4.79 Å². The van der Waals surface area contributed by atoms with Crippen molar-refractivity contribution < 1.29 is 4.79 Å². The lowest BCUT2D eigenvalue weighted by molar-refractivity contribution is -0.111. The van der Waals surface area contributed by atoms with Crippen molar-refractivity contribution in [2.24, 2.45) is 7.05 Å². The van der Waals surface area contributed by atoms with Crippen LogP contribution in [0.1, 0.15) is 5.56 Å². The summed E-state index contributed by atoms with van der Waals surface area (Å²) in [4.78, 5) is 27.2. The molecule has 0 spiro atoms. The number of hydrogen-bond acceptors (Lipinski definition) is 5. The number of aryl methyl sites for hydroxylation is 1. The lowest BCUT2D eigenvalue weighted by Crippen LogP contribution is -2.07. The molecule has 0 saturated carbocycles. The van der Waals surface area contributed by atoms with Gasteiger partial charge < -0.3 is 4.57 Å². The van der Waals surface area contributed by atoms with Crippen LogP contribution in [0.5, 0.6) is 0 Å². The molecule has 0 bridgehead atoms. The van der Waals surface area contributed by atoms with Crippen LogP contribution in [0.3, 0.4) is 0 Å². The smallest absolute Gasteiger partial charge is 0.250 e. The fraction of sp³-hybridized carbons (Fsp3) is 0.0400. The summed E-state index contributed by atoms with van der Waals surface area (Å²) in [6, 6.07) is 19.7. The number of nitrogens with zero attached hydrogens (tertiary/aromatic N) is 4. The van der Waals surface area contributed by atoms with Crippen molar-refractivity contribution in [2.75, 3.05) is 5.32 Å². The van der Waals surface area contributed by atoms with Crippen LogP contribution >= 0.6 is 11.3 Å². The standard InChI is InChI=1S/C25H19N5OS/c1-30-16-15-27-24(30)23-22(18-7-3-2-4-8-18)29-25(32-23)28-20(31)13-12-19-10-5-9-17-11-6-14-26-21(17)19/h2-16H,1H3,(H,28,29,31)/b13-12+. The first-order chi connectivity index (χ1) is 15.7. The third-order valence-electron chi connectivity index (χ3n) is 5.01. The summed E-state index contributed by atoms with van der Waals surface area (Å²) in [6.07, 6.45) is 8.68. The lowest BCUT2D eigenvalue weighted by atomic mass is 10.1. The van der Waals surface area contributed by atoms with Crippen molar-refractivity contribution in [3.8, 4) is 22.0 Å². The van der Waals surface area contributed by atoms with Gasteiger partial charge in [0.05, 0.1) is 16.1 Å². The van der Waals surface area contributed by atoms with Crippen molar-refractivity contribution in [3.63, 3.8) is 0 Å². The number of carbonyl (C=O) groups excluding carboxylic acids is 1. The number of hydrogen-bond donors (Lipinski definition) is 1. The van der Waals surface area contributed by atoms with Crippen LogP contribution in [0.25, 0.3) is 38.9 Å². The molecule has 7 heteroatoms. The van der Waals surface area contributed by atoms with Crippen molar-refractivity contribution >= 4 is 39.4 Å². The highest BCUT2D eigenvalue weighted by Gasteiger charge is 2.18. The molecule has 32 heavy (non-hydrogen) atoms. The van der Waals surface area contributed by atoms with E-state index in [1.54, 1.807) is 18.5 Å². The Morgan fingerprint density at radius 2 is 1.84 bits per heavy atom. The molecule has 5 rings (SSSR count). The molecule has 156 valence electrons. The molecular formula is C25H19N5OS. The van der Waals surface area contributed by atoms with E-state index in [0.717, 1.165) is 38.4 Å². The van der Waals surface area contributed by atoms with Gasteiger partial charge in [-0.3, -0.25) is 15.1 Å². The fourth-order valence-electron chi connectivity index (χ4n) is 3.48. The first-order valence-corrected chi connectivity index (χ1v) is 10.9. The predicted octanol–water partition coefficient (Wildman–Crippen LogP) is 5.41. The van der Waals surface area contributed by atoms with Crippen molar-refractivity contribution in [1.82, 2.24) is 19.5 Å². The minimum Gasteiger partial charge on any atom is -0.333 e. The zero-order valence-electron chi connectivity index (χ0n) is 17.3. The molecule has 0 fully saturated rings. The Hall–Kier alpha value is -4.10. The van der Waals surface area contributed by atoms with Crippen LogP contribution < -0.4 is 5.32 Å². The van der Waals surface area contributed by atoms with Crippen LogP contribution in [0.2, 0.25) is 0 Å². The number of para-hydroxylation sites is 1. The minimum absolute atomic E-state index is 0.252. The van der Waals surface area contributed by atoms with E-state index in [1.807, 2.05) is 78.5 Å². The second kappa shape index (κ2) is 8.56. The number of nitrogens with one attached hydrogen (secondary N) is 1. The van der Waals surface area contributed by atoms with Gasteiger partial charge >= 0.3 is 0 Å². The summed E-state index contributed by atoms with van der Waals surface area (Å²) in [5.41, 5.74) is 3.51. The number of rotatable bonds is 5.